The van der Waals surface area contributed by atoms with Crippen LogP contribution in [0.15, 0.2) is 70.5 Å². The van der Waals surface area contributed by atoms with Crippen LogP contribution < -0.4 is 5.06 Å². The molecule has 1 aromatic heterocycles. The van der Waals surface area contributed by atoms with Crippen molar-refractivity contribution in [3.63, 3.8) is 0 Å². The van der Waals surface area contributed by atoms with Crippen LogP contribution in [-0.2, 0) is 20.8 Å². The van der Waals surface area contributed by atoms with E-state index in [1.54, 1.807) is 11.8 Å². The summed E-state index contributed by atoms with van der Waals surface area (Å²) in [5.74, 6) is -0.0418. The smallest absolute Gasteiger partial charge is 0.253 e. The molecule has 0 saturated carbocycles. The second-order valence-electron chi connectivity index (χ2n) is 6.72. The molecule has 0 fully saturated rings. The summed E-state index contributed by atoms with van der Waals surface area (Å²) in [5, 5.41) is 1.46. The predicted molar refractivity (Wildman–Crippen MR) is 117 cm³/mol. The van der Waals surface area contributed by atoms with E-state index in [1.165, 1.54) is 5.06 Å². The molecule has 2 heterocycles. The molecule has 7 heteroatoms. The van der Waals surface area contributed by atoms with Crippen LogP contribution in [-0.4, -0.2) is 19.2 Å². The Bertz CT molecular complexity index is 1150. The van der Waals surface area contributed by atoms with Crippen molar-refractivity contribution >= 4 is 33.3 Å². The predicted octanol–water partition coefficient (Wildman–Crippen LogP) is 5.59. The molecular formula is C22H22N2O3S2. The molecule has 150 valence electrons. The van der Waals surface area contributed by atoms with E-state index in [9.17, 15) is 8.42 Å². The van der Waals surface area contributed by atoms with E-state index >= 15 is 0 Å². The summed E-state index contributed by atoms with van der Waals surface area (Å²) in [6, 6.07) is 19.5. The third-order valence-electron chi connectivity index (χ3n) is 4.59. The highest BCUT2D eigenvalue weighted by Crippen LogP contribution is 2.51. The number of hydrogen-bond acceptors (Lipinski definition) is 6. The minimum atomic E-state index is -3.73. The largest absolute Gasteiger partial charge is 0.288 e. The number of para-hydroxylation sites is 2. The average Bonchev–Trinajstić information content (AvgIpc) is 2.73. The Kier molecular flexibility index (Phi) is 5.63. The molecule has 0 aliphatic carbocycles. The zero-order valence-corrected chi connectivity index (χ0v) is 18.0. The number of nitrogens with zero attached hydrogens (tertiary/aromatic N) is 2. The standard InChI is InChI=1S/C22H22N2O3S2/c1-3-15-29(25,26)27-24-19-12-5-6-13-20(19)28-21-14-8-10-17(22(21)24)18-11-7-9-16(4-2)23-18/h5-14H,3-4,15H2,1-2H3. The highest BCUT2D eigenvalue weighted by Gasteiger charge is 2.31. The molecule has 0 saturated heterocycles. The highest BCUT2D eigenvalue weighted by atomic mass is 32.2. The van der Waals surface area contributed by atoms with Crippen LogP contribution in [0.1, 0.15) is 26.0 Å². The summed E-state index contributed by atoms with van der Waals surface area (Å²) in [5.41, 5.74) is 4.03. The molecular weight excluding hydrogens is 404 g/mol. The third kappa shape index (κ3) is 4.03. The van der Waals surface area contributed by atoms with Gasteiger partial charge in [0.05, 0.1) is 22.8 Å². The molecule has 4 rings (SSSR count). The molecule has 5 nitrogen and oxygen atoms in total. The number of anilines is 2. The number of hydrogen-bond donors (Lipinski definition) is 0. The Balaban J connectivity index is 1.90. The summed E-state index contributed by atoms with van der Waals surface area (Å²) < 4.78 is 30.8. The first-order valence-corrected chi connectivity index (χ1v) is 12.0. The summed E-state index contributed by atoms with van der Waals surface area (Å²) in [7, 11) is -3.73. The maximum absolute atomic E-state index is 12.6. The molecule has 0 spiro atoms. The fourth-order valence-corrected chi connectivity index (χ4v) is 5.31. The zero-order valence-electron chi connectivity index (χ0n) is 16.3. The van der Waals surface area contributed by atoms with E-state index in [0.717, 1.165) is 33.2 Å². The first-order chi connectivity index (χ1) is 14.0. The monoisotopic (exact) mass is 426 g/mol. The van der Waals surface area contributed by atoms with Crippen LogP contribution in [0.2, 0.25) is 0 Å². The average molecular weight is 427 g/mol. The van der Waals surface area contributed by atoms with Crippen LogP contribution in [0.25, 0.3) is 11.3 Å². The van der Waals surface area contributed by atoms with Crippen molar-refractivity contribution in [2.45, 2.75) is 36.5 Å². The van der Waals surface area contributed by atoms with Crippen LogP contribution in [0.3, 0.4) is 0 Å². The van der Waals surface area contributed by atoms with Gasteiger partial charge in [0.1, 0.15) is 0 Å². The van der Waals surface area contributed by atoms with Gasteiger partial charge in [-0.05, 0) is 43.2 Å². The van der Waals surface area contributed by atoms with Crippen molar-refractivity contribution in [1.29, 1.82) is 0 Å². The van der Waals surface area contributed by atoms with Gasteiger partial charge in [-0.2, -0.15) is 8.42 Å². The number of aromatic nitrogens is 1. The van der Waals surface area contributed by atoms with E-state index in [2.05, 4.69) is 6.92 Å². The lowest BCUT2D eigenvalue weighted by molar-refractivity contribution is 0.319. The molecule has 1 aliphatic heterocycles. The van der Waals surface area contributed by atoms with Gasteiger partial charge in [0.15, 0.2) is 0 Å². The van der Waals surface area contributed by atoms with Crippen LogP contribution in [0.5, 0.6) is 0 Å². The number of benzene rings is 2. The van der Waals surface area contributed by atoms with Gasteiger partial charge in [-0.1, -0.05) is 55.9 Å². The van der Waals surface area contributed by atoms with Gasteiger partial charge in [-0.3, -0.25) is 4.98 Å². The molecule has 29 heavy (non-hydrogen) atoms. The molecule has 3 aromatic rings. The first-order valence-electron chi connectivity index (χ1n) is 9.61. The maximum atomic E-state index is 12.6. The van der Waals surface area contributed by atoms with Crippen molar-refractivity contribution in [1.82, 2.24) is 4.98 Å². The third-order valence-corrected chi connectivity index (χ3v) is 6.99. The molecule has 2 aromatic carbocycles. The fraction of sp³-hybridized carbons (Fsp3) is 0.227. The second-order valence-corrected chi connectivity index (χ2v) is 9.48. The van der Waals surface area contributed by atoms with Crippen LogP contribution >= 0.6 is 11.8 Å². The van der Waals surface area contributed by atoms with Crippen LogP contribution in [0.4, 0.5) is 11.4 Å². The van der Waals surface area contributed by atoms with E-state index in [4.69, 9.17) is 9.27 Å². The molecule has 1 aliphatic rings. The lowest BCUT2D eigenvalue weighted by Crippen LogP contribution is -2.27. The maximum Gasteiger partial charge on any atom is 0.288 e. The molecule has 0 atom stereocenters. The van der Waals surface area contributed by atoms with Gasteiger partial charge in [-0.15, -0.1) is 4.28 Å². The molecule has 0 N–H and O–H groups in total. The van der Waals surface area contributed by atoms with E-state index in [1.807, 2.05) is 67.6 Å². The SMILES string of the molecule is CCCS(=O)(=O)ON1c2ccccc2Sc2cccc(-c3cccc(CC)n3)c21. The molecule has 0 bridgehead atoms. The van der Waals surface area contributed by atoms with Crippen LogP contribution in [0, 0.1) is 0 Å². The Morgan fingerprint density at radius 1 is 0.966 bits per heavy atom. The van der Waals surface area contributed by atoms with Crippen molar-refractivity contribution in [3.8, 4) is 11.3 Å². The van der Waals surface area contributed by atoms with Crippen molar-refractivity contribution in [2.75, 3.05) is 10.8 Å². The van der Waals surface area contributed by atoms with E-state index in [-0.39, 0.29) is 5.75 Å². The molecule has 0 unspecified atom stereocenters. The molecule has 0 amide bonds. The van der Waals surface area contributed by atoms with E-state index in [0.29, 0.717) is 17.8 Å². The summed E-state index contributed by atoms with van der Waals surface area (Å²) in [6.45, 7) is 3.88. The van der Waals surface area contributed by atoms with E-state index < -0.39 is 10.1 Å². The lowest BCUT2D eigenvalue weighted by Gasteiger charge is -2.32. The summed E-state index contributed by atoms with van der Waals surface area (Å²) in [6.07, 6.45) is 1.31. The topological polar surface area (TPSA) is 59.5 Å². The van der Waals surface area contributed by atoms with Gasteiger partial charge in [-0.25, -0.2) is 5.06 Å². The van der Waals surface area contributed by atoms with Crippen molar-refractivity contribution in [2.24, 2.45) is 0 Å². The summed E-state index contributed by atoms with van der Waals surface area (Å²) in [4.78, 5) is 6.62. The Hall–Kier alpha value is -2.35. The van der Waals surface area contributed by atoms with Crippen molar-refractivity contribution < 1.29 is 12.7 Å². The number of pyridine rings is 1. The highest BCUT2D eigenvalue weighted by molar-refractivity contribution is 7.99. The lowest BCUT2D eigenvalue weighted by atomic mass is 10.1. The Morgan fingerprint density at radius 2 is 1.72 bits per heavy atom. The Morgan fingerprint density at radius 3 is 2.52 bits per heavy atom. The number of aryl methyl sites for hydroxylation is 1. The summed E-state index contributed by atoms with van der Waals surface area (Å²) >= 11 is 1.60. The van der Waals surface area contributed by atoms with Gasteiger partial charge in [0.2, 0.25) is 0 Å². The minimum absolute atomic E-state index is 0.0418. The second kappa shape index (κ2) is 8.18. The number of fused-ring (bicyclic) bond motifs is 2. The van der Waals surface area contributed by atoms with Gasteiger partial charge in [0, 0.05) is 21.0 Å². The number of rotatable bonds is 6. The quantitative estimate of drug-likeness (QED) is 0.512. The molecule has 0 radical (unpaired) electrons. The zero-order chi connectivity index (χ0) is 20.4. The minimum Gasteiger partial charge on any atom is -0.253 e. The van der Waals surface area contributed by atoms with Gasteiger partial charge < -0.3 is 0 Å². The van der Waals surface area contributed by atoms with Crippen molar-refractivity contribution in [3.05, 3.63) is 66.4 Å². The van der Waals surface area contributed by atoms with Gasteiger partial charge >= 0.3 is 0 Å². The fourth-order valence-electron chi connectivity index (χ4n) is 3.28. The van der Waals surface area contributed by atoms with Gasteiger partial charge in [0.25, 0.3) is 10.1 Å². The Labute approximate surface area is 175 Å². The first kappa shape index (κ1) is 19.9. The normalized spacial score (nSPS) is 13.1.